The standard InChI is InChI=1S/C26H19BrN2O3S/c1-17-6-8-18(9-7-17)15-29-25(30)24(33-26(29)31)13-21-12-22(27)10-11-23(21)32-16-20-5-3-2-4-19(20)14-28/h2-13H,15-16H2,1H3/b24-13-. The lowest BCUT2D eigenvalue weighted by atomic mass is 10.1. The van der Waals surface area contributed by atoms with Crippen LogP contribution in [0.1, 0.15) is 27.8 Å². The van der Waals surface area contributed by atoms with Crippen LogP contribution in [-0.2, 0) is 17.9 Å². The number of halogens is 1. The highest BCUT2D eigenvalue weighted by Gasteiger charge is 2.35. The van der Waals surface area contributed by atoms with E-state index >= 15 is 0 Å². The lowest BCUT2D eigenvalue weighted by Crippen LogP contribution is -2.27. The van der Waals surface area contributed by atoms with Crippen LogP contribution in [0, 0.1) is 18.3 Å². The number of nitrogens with zero attached hydrogens (tertiary/aromatic N) is 2. The summed E-state index contributed by atoms with van der Waals surface area (Å²) in [6.07, 6.45) is 1.68. The van der Waals surface area contributed by atoms with E-state index in [1.54, 1.807) is 24.3 Å². The Labute approximate surface area is 204 Å². The zero-order valence-corrected chi connectivity index (χ0v) is 20.2. The number of thioether (sulfide) groups is 1. The highest BCUT2D eigenvalue weighted by atomic mass is 79.9. The summed E-state index contributed by atoms with van der Waals surface area (Å²) in [7, 11) is 0. The Balaban J connectivity index is 1.56. The smallest absolute Gasteiger partial charge is 0.293 e. The van der Waals surface area contributed by atoms with Gasteiger partial charge in [0, 0.05) is 15.6 Å². The highest BCUT2D eigenvalue weighted by molar-refractivity contribution is 9.10. The van der Waals surface area contributed by atoms with E-state index in [0.29, 0.717) is 21.8 Å². The van der Waals surface area contributed by atoms with Crippen LogP contribution in [0.3, 0.4) is 0 Å². The molecule has 3 aromatic rings. The molecule has 5 nitrogen and oxygen atoms in total. The second-order valence-electron chi connectivity index (χ2n) is 7.49. The minimum atomic E-state index is -0.327. The Bertz CT molecular complexity index is 1300. The van der Waals surface area contributed by atoms with Gasteiger partial charge in [0.2, 0.25) is 0 Å². The lowest BCUT2D eigenvalue weighted by molar-refractivity contribution is -0.123. The quantitative estimate of drug-likeness (QED) is 0.351. The molecule has 1 saturated heterocycles. The molecule has 0 unspecified atom stereocenters. The van der Waals surface area contributed by atoms with E-state index in [-0.39, 0.29) is 24.3 Å². The fourth-order valence-electron chi connectivity index (χ4n) is 3.33. The van der Waals surface area contributed by atoms with Crippen molar-refractivity contribution in [1.29, 1.82) is 5.26 Å². The summed E-state index contributed by atoms with van der Waals surface area (Å²) in [6, 6.07) is 22.6. The molecule has 33 heavy (non-hydrogen) atoms. The van der Waals surface area contributed by atoms with Gasteiger partial charge in [0.15, 0.2) is 0 Å². The molecule has 2 amide bonds. The summed E-state index contributed by atoms with van der Waals surface area (Å²) in [4.78, 5) is 27.1. The number of rotatable bonds is 6. The van der Waals surface area contributed by atoms with Crippen LogP contribution in [0.15, 0.2) is 76.1 Å². The molecule has 7 heteroatoms. The topological polar surface area (TPSA) is 70.4 Å². The maximum absolute atomic E-state index is 13.0. The number of hydrogen-bond donors (Lipinski definition) is 0. The fraction of sp³-hybridized carbons (Fsp3) is 0.115. The first-order chi connectivity index (χ1) is 15.9. The average Bonchev–Trinajstić information content (AvgIpc) is 3.07. The van der Waals surface area contributed by atoms with Gasteiger partial charge in [-0.1, -0.05) is 64.0 Å². The van der Waals surface area contributed by atoms with E-state index in [4.69, 9.17) is 4.74 Å². The van der Waals surface area contributed by atoms with E-state index < -0.39 is 0 Å². The van der Waals surface area contributed by atoms with Crippen molar-refractivity contribution in [2.75, 3.05) is 0 Å². The van der Waals surface area contributed by atoms with Crippen molar-refractivity contribution in [3.8, 4) is 11.8 Å². The SMILES string of the molecule is Cc1ccc(CN2C(=O)S/C(=C\c3cc(Br)ccc3OCc3ccccc3C#N)C2=O)cc1. The Morgan fingerprint density at radius 2 is 1.85 bits per heavy atom. The van der Waals surface area contributed by atoms with Crippen molar-refractivity contribution in [2.45, 2.75) is 20.1 Å². The molecule has 4 rings (SSSR count). The third kappa shape index (κ3) is 5.36. The first-order valence-electron chi connectivity index (χ1n) is 10.2. The Hall–Kier alpha value is -3.34. The van der Waals surface area contributed by atoms with Gasteiger partial charge in [-0.3, -0.25) is 14.5 Å². The van der Waals surface area contributed by atoms with Crippen LogP contribution in [0.25, 0.3) is 6.08 Å². The van der Waals surface area contributed by atoms with Crippen LogP contribution < -0.4 is 4.74 Å². The van der Waals surface area contributed by atoms with Gasteiger partial charge in [-0.05, 0) is 54.6 Å². The van der Waals surface area contributed by atoms with Gasteiger partial charge in [-0.2, -0.15) is 5.26 Å². The fourth-order valence-corrected chi connectivity index (χ4v) is 4.54. The number of hydrogen-bond acceptors (Lipinski definition) is 5. The largest absolute Gasteiger partial charge is 0.488 e. The first-order valence-corrected chi connectivity index (χ1v) is 11.8. The lowest BCUT2D eigenvalue weighted by Gasteiger charge is -2.13. The number of aryl methyl sites for hydroxylation is 1. The molecule has 0 spiro atoms. The molecule has 1 aliphatic rings. The molecule has 1 heterocycles. The van der Waals surface area contributed by atoms with Crippen LogP contribution >= 0.6 is 27.7 Å². The molecule has 0 aromatic heterocycles. The highest BCUT2D eigenvalue weighted by Crippen LogP contribution is 2.36. The van der Waals surface area contributed by atoms with E-state index in [1.807, 2.05) is 55.5 Å². The number of nitriles is 1. The van der Waals surface area contributed by atoms with Gasteiger partial charge in [0.1, 0.15) is 12.4 Å². The molecule has 0 saturated carbocycles. The van der Waals surface area contributed by atoms with Gasteiger partial charge in [0.25, 0.3) is 11.1 Å². The molecule has 0 radical (unpaired) electrons. The molecule has 1 aliphatic heterocycles. The summed E-state index contributed by atoms with van der Waals surface area (Å²) in [5.74, 6) is 0.225. The second-order valence-corrected chi connectivity index (χ2v) is 9.40. The van der Waals surface area contributed by atoms with Crippen molar-refractivity contribution >= 4 is 44.9 Å². The maximum atomic E-state index is 13.0. The minimum Gasteiger partial charge on any atom is -0.488 e. The van der Waals surface area contributed by atoms with Crippen molar-refractivity contribution in [2.24, 2.45) is 0 Å². The zero-order valence-electron chi connectivity index (χ0n) is 17.7. The molecule has 0 N–H and O–H groups in total. The summed E-state index contributed by atoms with van der Waals surface area (Å²) < 4.78 is 6.81. The number of imide groups is 1. The number of ether oxygens (including phenoxy) is 1. The number of carbonyl (C=O) groups excluding carboxylic acids is 2. The van der Waals surface area contributed by atoms with Gasteiger partial charge in [0.05, 0.1) is 23.1 Å². The summed E-state index contributed by atoms with van der Waals surface area (Å²) in [5, 5.41) is 9.00. The molecule has 0 atom stereocenters. The van der Waals surface area contributed by atoms with Gasteiger partial charge in [-0.15, -0.1) is 0 Å². The predicted molar refractivity (Wildman–Crippen MR) is 132 cm³/mol. The van der Waals surface area contributed by atoms with E-state index in [0.717, 1.165) is 32.9 Å². The number of amides is 2. The number of benzene rings is 3. The minimum absolute atomic E-state index is 0.209. The third-order valence-corrected chi connectivity index (χ3v) is 6.51. The van der Waals surface area contributed by atoms with Gasteiger partial charge >= 0.3 is 0 Å². The molecule has 0 aliphatic carbocycles. The monoisotopic (exact) mass is 518 g/mol. The molecule has 0 bridgehead atoms. The van der Waals surface area contributed by atoms with Crippen molar-refractivity contribution in [3.63, 3.8) is 0 Å². The van der Waals surface area contributed by atoms with Crippen LogP contribution in [-0.4, -0.2) is 16.0 Å². The van der Waals surface area contributed by atoms with E-state index in [1.165, 1.54) is 4.90 Å². The van der Waals surface area contributed by atoms with Crippen LogP contribution in [0.5, 0.6) is 5.75 Å². The molecular formula is C26H19BrN2O3S. The summed E-state index contributed by atoms with van der Waals surface area (Å²) in [5.41, 5.74) is 4.00. The molecular weight excluding hydrogens is 500 g/mol. The van der Waals surface area contributed by atoms with Gasteiger partial charge < -0.3 is 4.74 Å². The number of carbonyl (C=O) groups is 2. The molecule has 1 fully saturated rings. The Morgan fingerprint density at radius 1 is 1.09 bits per heavy atom. The van der Waals surface area contributed by atoms with E-state index in [2.05, 4.69) is 22.0 Å². The maximum Gasteiger partial charge on any atom is 0.293 e. The van der Waals surface area contributed by atoms with Crippen molar-refractivity contribution < 1.29 is 14.3 Å². The molecule has 3 aromatic carbocycles. The summed E-state index contributed by atoms with van der Waals surface area (Å²) in [6.45, 7) is 2.43. The van der Waals surface area contributed by atoms with Crippen LogP contribution in [0.4, 0.5) is 4.79 Å². The van der Waals surface area contributed by atoms with Crippen LogP contribution in [0.2, 0.25) is 0 Å². The normalized spacial score (nSPS) is 14.6. The Kier molecular flexibility index (Phi) is 6.97. The van der Waals surface area contributed by atoms with Gasteiger partial charge in [-0.25, -0.2) is 0 Å². The first kappa shape index (κ1) is 22.8. The van der Waals surface area contributed by atoms with E-state index in [9.17, 15) is 14.9 Å². The zero-order chi connectivity index (χ0) is 23.4. The summed E-state index contributed by atoms with van der Waals surface area (Å²) >= 11 is 4.38. The second kappa shape index (κ2) is 10.1. The molecule has 164 valence electrons. The van der Waals surface area contributed by atoms with Crippen molar-refractivity contribution in [1.82, 2.24) is 4.90 Å². The third-order valence-electron chi connectivity index (χ3n) is 5.11. The average molecular weight is 519 g/mol. The predicted octanol–water partition coefficient (Wildman–Crippen LogP) is 6.44. The Morgan fingerprint density at radius 3 is 2.61 bits per heavy atom. The van der Waals surface area contributed by atoms with Crippen molar-refractivity contribution in [3.05, 3.63) is 104 Å².